The molecule has 0 aliphatic heterocycles. The van der Waals surface area contributed by atoms with E-state index in [1.54, 1.807) is 6.07 Å². The summed E-state index contributed by atoms with van der Waals surface area (Å²) >= 11 is 0. The minimum Gasteiger partial charge on any atom is -0.507 e. The first-order valence-electron chi connectivity index (χ1n) is 7.95. The number of nitrogens with one attached hydrogen (secondary N) is 1. The van der Waals surface area contributed by atoms with Gasteiger partial charge in [-0.1, -0.05) is 42.2 Å². The summed E-state index contributed by atoms with van der Waals surface area (Å²) in [5, 5.41) is 12.4. The van der Waals surface area contributed by atoms with Crippen LogP contribution in [0.5, 0.6) is 5.75 Å². The first kappa shape index (κ1) is 18.9. The van der Waals surface area contributed by atoms with Crippen molar-refractivity contribution in [3.8, 4) is 17.6 Å². The third-order valence-electron chi connectivity index (χ3n) is 3.37. The topological polar surface area (TPSA) is 84.9 Å². The molecule has 2 N–H and O–H groups in total. The Labute approximate surface area is 151 Å². The summed E-state index contributed by atoms with van der Waals surface area (Å²) in [6.45, 7) is 0.553. The van der Waals surface area contributed by atoms with Gasteiger partial charge in [0.25, 0.3) is 0 Å². The molecule has 134 valence electrons. The van der Waals surface area contributed by atoms with E-state index in [4.69, 9.17) is 4.74 Å². The molecule has 0 bridgehead atoms. The highest BCUT2D eigenvalue weighted by Gasteiger charge is 2.10. The largest absolute Gasteiger partial charge is 0.507 e. The minimum atomic E-state index is -0.611. The monoisotopic (exact) mass is 353 g/mol. The van der Waals surface area contributed by atoms with E-state index in [2.05, 4.69) is 21.9 Å². The minimum absolute atomic E-state index is 0.0841. The highest BCUT2D eigenvalue weighted by atomic mass is 16.5. The average Bonchev–Trinajstić information content (AvgIpc) is 2.66. The molecule has 6 heteroatoms. The van der Waals surface area contributed by atoms with Crippen molar-refractivity contribution >= 4 is 12.1 Å². The summed E-state index contributed by atoms with van der Waals surface area (Å²) in [4.78, 5) is 22.9. The number of ether oxygens (including phenoxy) is 2. The molecule has 26 heavy (non-hydrogen) atoms. The van der Waals surface area contributed by atoms with Gasteiger partial charge < -0.3 is 19.9 Å². The molecule has 2 aromatic carbocycles. The van der Waals surface area contributed by atoms with Gasteiger partial charge in [0.1, 0.15) is 17.9 Å². The molecule has 6 nitrogen and oxygen atoms in total. The Hall–Kier alpha value is -3.46. The van der Waals surface area contributed by atoms with Crippen molar-refractivity contribution in [2.24, 2.45) is 0 Å². The summed E-state index contributed by atoms with van der Waals surface area (Å²) in [7, 11) is 1.24. The van der Waals surface area contributed by atoms with Crippen LogP contribution in [0.3, 0.4) is 0 Å². The van der Waals surface area contributed by atoms with E-state index in [0.29, 0.717) is 18.5 Å². The summed E-state index contributed by atoms with van der Waals surface area (Å²) in [6, 6.07) is 13.8. The molecule has 0 spiro atoms. The predicted molar refractivity (Wildman–Crippen MR) is 95.6 cm³/mol. The highest BCUT2D eigenvalue weighted by Crippen LogP contribution is 2.19. The Morgan fingerprint density at radius 2 is 1.92 bits per heavy atom. The third kappa shape index (κ3) is 5.87. The molecule has 0 atom stereocenters. The van der Waals surface area contributed by atoms with Gasteiger partial charge in [-0.05, 0) is 23.8 Å². The van der Waals surface area contributed by atoms with Gasteiger partial charge in [-0.25, -0.2) is 9.59 Å². The molecule has 0 aliphatic rings. The Kier molecular flexibility index (Phi) is 7.07. The number of hydrogen-bond donors (Lipinski definition) is 2. The van der Waals surface area contributed by atoms with Crippen LogP contribution in [-0.4, -0.2) is 30.8 Å². The van der Waals surface area contributed by atoms with Crippen LogP contribution in [0.2, 0.25) is 0 Å². The quantitative estimate of drug-likeness (QED) is 0.490. The lowest BCUT2D eigenvalue weighted by Crippen LogP contribution is -2.24. The number of phenols is 1. The maximum atomic E-state index is 11.6. The van der Waals surface area contributed by atoms with Crippen molar-refractivity contribution in [1.82, 2.24) is 5.32 Å². The molecule has 0 saturated heterocycles. The van der Waals surface area contributed by atoms with Crippen molar-refractivity contribution < 1.29 is 24.2 Å². The van der Waals surface area contributed by atoms with Gasteiger partial charge >= 0.3 is 12.1 Å². The summed E-state index contributed by atoms with van der Waals surface area (Å²) < 4.78 is 9.63. The lowest BCUT2D eigenvalue weighted by molar-refractivity contribution is 0.0597. The number of rotatable bonds is 5. The lowest BCUT2D eigenvalue weighted by Gasteiger charge is -2.05. The summed E-state index contributed by atoms with van der Waals surface area (Å²) in [5.74, 6) is 4.92. The molecule has 0 fully saturated rings. The van der Waals surface area contributed by atoms with Crippen LogP contribution < -0.4 is 5.32 Å². The number of methoxy groups -OCH3 is 1. The van der Waals surface area contributed by atoms with Crippen molar-refractivity contribution in [1.29, 1.82) is 0 Å². The fourth-order valence-electron chi connectivity index (χ4n) is 2.06. The summed E-state index contributed by atoms with van der Waals surface area (Å²) in [5.41, 5.74) is 1.56. The molecule has 2 aromatic rings. The Bertz CT molecular complexity index is 821. The Morgan fingerprint density at radius 1 is 1.15 bits per heavy atom. The van der Waals surface area contributed by atoms with Crippen LogP contribution in [0.1, 0.15) is 27.9 Å². The highest BCUT2D eigenvalue weighted by molar-refractivity contribution is 5.92. The van der Waals surface area contributed by atoms with Gasteiger partial charge in [-0.15, -0.1) is 0 Å². The number of carbonyl (C=O) groups excluding carboxylic acids is 2. The van der Waals surface area contributed by atoms with Crippen LogP contribution in [-0.2, 0) is 16.1 Å². The fourth-order valence-corrected chi connectivity index (χ4v) is 2.06. The molecular formula is C20H19NO5. The molecule has 1 amide bonds. The van der Waals surface area contributed by atoms with E-state index >= 15 is 0 Å². The average molecular weight is 353 g/mol. The number of amides is 1. The zero-order chi connectivity index (χ0) is 18.8. The van der Waals surface area contributed by atoms with E-state index in [-0.39, 0.29) is 17.9 Å². The molecule has 0 radical (unpaired) electrons. The van der Waals surface area contributed by atoms with Crippen molar-refractivity contribution in [3.63, 3.8) is 0 Å². The van der Waals surface area contributed by atoms with E-state index in [1.165, 1.54) is 19.2 Å². The van der Waals surface area contributed by atoms with Crippen molar-refractivity contribution in [2.45, 2.75) is 13.0 Å². The zero-order valence-corrected chi connectivity index (χ0v) is 14.3. The molecule has 2 rings (SSSR count). The second kappa shape index (κ2) is 9.74. The normalized spacial score (nSPS) is 9.58. The van der Waals surface area contributed by atoms with E-state index in [0.717, 1.165) is 5.56 Å². The SMILES string of the molecule is COC(=O)c1ccc(C#CCCNC(=O)OCc2ccccc2)cc1O. The van der Waals surface area contributed by atoms with Crippen molar-refractivity contribution in [2.75, 3.05) is 13.7 Å². The molecule has 0 unspecified atom stereocenters. The van der Waals surface area contributed by atoms with E-state index in [1.807, 2.05) is 30.3 Å². The number of hydrogen-bond acceptors (Lipinski definition) is 5. The van der Waals surface area contributed by atoms with Gasteiger partial charge in [0.05, 0.1) is 7.11 Å². The first-order valence-corrected chi connectivity index (χ1v) is 7.95. The smallest absolute Gasteiger partial charge is 0.407 e. The zero-order valence-electron chi connectivity index (χ0n) is 14.3. The maximum Gasteiger partial charge on any atom is 0.407 e. The maximum absolute atomic E-state index is 11.6. The number of phenolic OH excluding ortho intramolecular Hbond substituents is 1. The fraction of sp³-hybridized carbons (Fsp3) is 0.200. The lowest BCUT2D eigenvalue weighted by atomic mass is 10.1. The van der Waals surface area contributed by atoms with E-state index < -0.39 is 12.1 Å². The van der Waals surface area contributed by atoms with E-state index in [9.17, 15) is 14.7 Å². The second-order valence-electron chi connectivity index (χ2n) is 5.26. The number of alkyl carbamates (subject to hydrolysis) is 1. The molecule has 0 aliphatic carbocycles. The summed E-state index contributed by atoms with van der Waals surface area (Å²) in [6.07, 6.45) is -0.0873. The van der Waals surface area contributed by atoms with Crippen LogP contribution >= 0.6 is 0 Å². The molecule has 0 heterocycles. The van der Waals surface area contributed by atoms with Gasteiger partial charge in [-0.3, -0.25) is 0 Å². The third-order valence-corrected chi connectivity index (χ3v) is 3.37. The Morgan fingerprint density at radius 3 is 2.62 bits per heavy atom. The first-order chi connectivity index (χ1) is 12.6. The van der Waals surface area contributed by atoms with Gasteiger partial charge in [-0.2, -0.15) is 0 Å². The standard InChI is InChI=1S/C20H19NO5/c1-25-19(23)17-11-10-15(13-18(17)22)7-5-6-12-21-20(24)26-14-16-8-3-2-4-9-16/h2-4,8-11,13,22H,6,12,14H2,1H3,(H,21,24). The second-order valence-corrected chi connectivity index (χ2v) is 5.26. The Balaban J connectivity index is 1.74. The van der Waals surface area contributed by atoms with Crippen LogP contribution in [0.4, 0.5) is 4.79 Å². The van der Waals surface area contributed by atoms with Crippen molar-refractivity contribution in [3.05, 3.63) is 65.2 Å². The van der Waals surface area contributed by atoms with Gasteiger partial charge in [0.2, 0.25) is 0 Å². The number of aromatic hydroxyl groups is 1. The number of carbonyl (C=O) groups is 2. The van der Waals surface area contributed by atoms with Gasteiger partial charge in [0, 0.05) is 18.5 Å². The number of esters is 1. The molecular weight excluding hydrogens is 334 g/mol. The molecule has 0 saturated carbocycles. The molecule has 0 aromatic heterocycles. The predicted octanol–water partition coefficient (Wildman–Crippen LogP) is 2.85. The number of benzene rings is 2. The van der Waals surface area contributed by atoms with Crippen LogP contribution in [0.15, 0.2) is 48.5 Å². The van der Waals surface area contributed by atoms with Crippen LogP contribution in [0, 0.1) is 11.8 Å². The van der Waals surface area contributed by atoms with Crippen LogP contribution in [0.25, 0.3) is 0 Å². The van der Waals surface area contributed by atoms with Gasteiger partial charge in [0.15, 0.2) is 0 Å².